The van der Waals surface area contributed by atoms with Gasteiger partial charge in [-0.2, -0.15) is 0 Å². The molecule has 0 aromatic carbocycles. The highest BCUT2D eigenvalue weighted by Gasteiger charge is 1.92. The van der Waals surface area contributed by atoms with Crippen LogP contribution in [0.5, 0.6) is 0 Å². The minimum Gasteiger partial charge on any atom is -0.468 e. The zero-order valence-electron chi connectivity index (χ0n) is 5.05. The predicted octanol–water partition coefficient (Wildman–Crippen LogP) is 0.250. The van der Waals surface area contributed by atoms with Crippen molar-refractivity contribution in [1.29, 1.82) is 0 Å². The Balaban J connectivity index is 3.25. The third-order valence-corrected chi connectivity index (χ3v) is 0.631. The molecule has 0 atom stereocenters. The van der Waals surface area contributed by atoms with Gasteiger partial charge in [0.1, 0.15) is 6.54 Å². The van der Waals surface area contributed by atoms with Gasteiger partial charge in [0.25, 0.3) is 0 Å². The second kappa shape index (κ2) is 4.30. The molecule has 3 heteroatoms. The quantitative estimate of drug-likeness (QED) is 0.382. The lowest BCUT2D eigenvalue weighted by Crippen LogP contribution is -2.03. The first-order valence-corrected chi connectivity index (χ1v) is 2.32. The summed E-state index contributed by atoms with van der Waals surface area (Å²) >= 11 is 0. The van der Waals surface area contributed by atoms with Gasteiger partial charge in [-0.05, 0) is 13.1 Å². The fraction of sp³-hybridized carbons (Fsp3) is 0.600. The molecular formula is C5H9NO2. The van der Waals surface area contributed by atoms with Crippen LogP contribution in [0.2, 0.25) is 0 Å². The Morgan fingerprint density at radius 3 is 2.88 bits per heavy atom. The molecule has 3 nitrogen and oxygen atoms in total. The number of hydrogen-bond donors (Lipinski definition) is 0. The van der Waals surface area contributed by atoms with Gasteiger partial charge in [0, 0.05) is 0 Å². The minimum atomic E-state index is -0.303. The van der Waals surface area contributed by atoms with Crippen LogP contribution in [0.1, 0.15) is 6.92 Å². The van der Waals surface area contributed by atoms with Crippen molar-refractivity contribution in [3.05, 3.63) is 0 Å². The van der Waals surface area contributed by atoms with E-state index in [2.05, 4.69) is 9.73 Å². The van der Waals surface area contributed by atoms with Gasteiger partial charge < -0.3 is 4.74 Å². The van der Waals surface area contributed by atoms with E-state index in [0.29, 0.717) is 0 Å². The van der Waals surface area contributed by atoms with E-state index >= 15 is 0 Å². The molecule has 0 aromatic heterocycles. The lowest BCUT2D eigenvalue weighted by molar-refractivity contribution is -0.138. The number of methoxy groups -OCH3 is 1. The first-order chi connectivity index (χ1) is 3.81. The topological polar surface area (TPSA) is 38.7 Å². The summed E-state index contributed by atoms with van der Waals surface area (Å²) in [7, 11) is 1.34. The number of carbonyl (C=O) groups is 1. The summed E-state index contributed by atoms with van der Waals surface area (Å²) in [6.07, 6.45) is 1.57. The van der Waals surface area contributed by atoms with Crippen molar-refractivity contribution in [1.82, 2.24) is 0 Å². The summed E-state index contributed by atoms with van der Waals surface area (Å²) in [5.74, 6) is -0.303. The number of carbonyl (C=O) groups excluding carboxylic acids is 1. The van der Waals surface area contributed by atoms with Crippen LogP contribution in [0, 0.1) is 0 Å². The molecule has 0 radical (unpaired) electrons. The molecule has 46 valence electrons. The van der Waals surface area contributed by atoms with Gasteiger partial charge >= 0.3 is 5.97 Å². The summed E-state index contributed by atoms with van der Waals surface area (Å²) in [5, 5.41) is 0. The smallest absolute Gasteiger partial charge is 0.327 e. The molecule has 0 spiro atoms. The molecule has 0 unspecified atom stereocenters. The molecule has 0 aliphatic heterocycles. The van der Waals surface area contributed by atoms with E-state index in [-0.39, 0.29) is 12.5 Å². The van der Waals surface area contributed by atoms with Gasteiger partial charge in [0.05, 0.1) is 7.11 Å². The van der Waals surface area contributed by atoms with Crippen molar-refractivity contribution >= 4 is 12.2 Å². The summed E-state index contributed by atoms with van der Waals surface area (Å²) < 4.78 is 4.30. The molecule has 8 heavy (non-hydrogen) atoms. The monoisotopic (exact) mass is 115 g/mol. The third-order valence-electron chi connectivity index (χ3n) is 0.631. The van der Waals surface area contributed by atoms with E-state index in [1.807, 2.05) is 0 Å². The van der Waals surface area contributed by atoms with Gasteiger partial charge in [-0.1, -0.05) is 0 Å². The number of rotatable bonds is 2. The molecule has 0 rings (SSSR count). The van der Waals surface area contributed by atoms with Crippen molar-refractivity contribution < 1.29 is 9.53 Å². The zero-order chi connectivity index (χ0) is 6.41. The molecule has 0 amide bonds. The van der Waals surface area contributed by atoms with Gasteiger partial charge in [0.2, 0.25) is 0 Å². The Hall–Kier alpha value is -0.860. The lowest BCUT2D eigenvalue weighted by atomic mass is 10.7. The molecule has 0 heterocycles. The first-order valence-electron chi connectivity index (χ1n) is 2.32. The average molecular weight is 115 g/mol. The van der Waals surface area contributed by atoms with Crippen LogP contribution >= 0.6 is 0 Å². The molecule has 0 saturated heterocycles. The van der Waals surface area contributed by atoms with E-state index < -0.39 is 0 Å². The molecule has 0 bridgehead atoms. The van der Waals surface area contributed by atoms with E-state index in [4.69, 9.17) is 0 Å². The molecule has 0 N–H and O–H groups in total. The summed E-state index contributed by atoms with van der Waals surface area (Å²) in [6, 6.07) is 0. The third kappa shape index (κ3) is 3.33. The van der Waals surface area contributed by atoms with Gasteiger partial charge in [-0.15, -0.1) is 0 Å². The number of nitrogens with zero attached hydrogens (tertiary/aromatic N) is 1. The van der Waals surface area contributed by atoms with E-state index in [9.17, 15) is 4.79 Å². The average Bonchev–Trinajstić information content (AvgIpc) is 1.83. The van der Waals surface area contributed by atoms with Gasteiger partial charge in [-0.25, -0.2) is 0 Å². The van der Waals surface area contributed by atoms with Crippen LogP contribution < -0.4 is 0 Å². The van der Waals surface area contributed by atoms with Crippen molar-refractivity contribution in [3.8, 4) is 0 Å². The first kappa shape index (κ1) is 7.14. The highest BCUT2D eigenvalue weighted by Crippen LogP contribution is 1.72. The van der Waals surface area contributed by atoms with Crippen molar-refractivity contribution in [2.45, 2.75) is 6.92 Å². The maximum atomic E-state index is 10.2. The van der Waals surface area contributed by atoms with Crippen LogP contribution in [0.25, 0.3) is 0 Å². The lowest BCUT2D eigenvalue weighted by Gasteiger charge is -1.89. The minimum absolute atomic E-state index is 0.132. The number of ether oxygens (including phenoxy) is 1. The second-order valence-corrected chi connectivity index (χ2v) is 1.18. The summed E-state index contributed by atoms with van der Waals surface area (Å²) in [5.41, 5.74) is 0. The fourth-order valence-electron chi connectivity index (χ4n) is 0.230. The van der Waals surface area contributed by atoms with Crippen LogP contribution in [-0.4, -0.2) is 25.8 Å². The highest BCUT2D eigenvalue weighted by atomic mass is 16.5. The highest BCUT2D eigenvalue weighted by molar-refractivity contribution is 5.73. The Morgan fingerprint density at radius 2 is 2.50 bits per heavy atom. The van der Waals surface area contributed by atoms with E-state index in [1.54, 1.807) is 13.1 Å². The number of aliphatic imine (C=N–C) groups is 1. The van der Waals surface area contributed by atoms with Crippen LogP contribution in [-0.2, 0) is 9.53 Å². The predicted molar refractivity (Wildman–Crippen MR) is 31.0 cm³/mol. The van der Waals surface area contributed by atoms with Gasteiger partial charge in [0.15, 0.2) is 0 Å². The van der Waals surface area contributed by atoms with Crippen molar-refractivity contribution in [2.24, 2.45) is 4.99 Å². The number of hydrogen-bond acceptors (Lipinski definition) is 3. The number of esters is 1. The zero-order valence-corrected chi connectivity index (χ0v) is 5.05. The standard InChI is InChI=1S/C5H9NO2/c1-3-6-4-5(7)8-2/h3H,4H2,1-2H3. The van der Waals surface area contributed by atoms with Crippen molar-refractivity contribution in [3.63, 3.8) is 0 Å². The molecule has 0 aliphatic carbocycles. The van der Waals surface area contributed by atoms with Crippen molar-refractivity contribution in [2.75, 3.05) is 13.7 Å². The normalized spacial score (nSPS) is 9.75. The fourth-order valence-corrected chi connectivity index (χ4v) is 0.230. The Labute approximate surface area is 48.4 Å². The molecule has 0 aromatic rings. The van der Waals surface area contributed by atoms with E-state index in [1.165, 1.54) is 7.11 Å². The maximum absolute atomic E-state index is 10.2. The molecular weight excluding hydrogens is 106 g/mol. The van der Waals surface area contributed by atoms with Crippen LogP contribution in [0.3, 0.4) is 0 Å². The SMILES string of the molecule is CC=NCC(=O)OC. The van der Waals surface area contributed by atoms with Crippen LogP contribution in [0.15, 0.2) is 4.99 Å². The largest absolute Gasteiger partial charge is 0.468 e. The van der Waals surface area contributed by atoms with E-state index in [0.717, 1.165) is 0 Å². The molecule has 0 aliphatic rings. The summed E-state index contributed by atoms with van der Waals surface area (Å²) in [6.45, 7) is 1.88. The van der Waals surface area contributed by atoms with Gasteiger partial charge in [-0.3, -0.25) is 9.79 Å². The Morgan fingerprint density at radius 1 is 1.88 bits per heavy atom. The maximum Gasteiger partial charge on any atom is 0.327 e. The summed E-state index contributed by atoms with van der Waals surface area (Å²) in [4.78, 5) is 13.9. The van der Waals surface area contributed by atoms with Crippen LogP contribution in [0.4, 0.5) is 0 Å². The second-order valence-electron chi connectivity index (χ2n) is 1.18. The Bertz CT molecular complexity index is 98.6. The molecule has 0 saturated carbocycles. The Kier molecular flexibility index (Phi) is 3.84. The molecule has 0 fully saturated rings.